The Hall–Kier alpha value is -3.64. The maximum absolute atomic E-state index is 10.2. The van der Waals surface area contributed by atoms with E-state index in [1.54, 1.807) is 0 Å². The average Bonchev–Trinajstić information content (AvgIpc) is 3.20. The van der Waals surface area contributed by atoms with Crippen LogP contribution in [0.1, 0.15) is 5.56 Å². The quantitative estimate of drug-likeness (QED) is 0.312. The highest BCUT2D eigenvalue weighted by Crippen LogP contribution is 2.29. The van der Waals surface area contributed by atoms with Crippen LogP contribution in [-0.4, -0.2) is 50.6 Å². The summed E-state index contributed by atoms with van der Waals surface area (Å²) in [5, 5.41) is 24.4. The lowest BCUT2D eigenvalue weighted by Gasteiger charge is -2.13. The van der Waals surface area contributed by atoms with Crippen molar-refractivity contribution in [2.24, 2.45) is 0 Å². The number of nitrogens with zero attached hydrogens (tertiary/aromatic N) is 6. The van der Waals surface area contributed by atoms with Crippen molar-refractivity contribution in [2.75, 3.05) is 20.1 Å². The number of hydrogen-bond donors (Lipinski definition) is 1. The molecule has 27 heavy (non-hydrogen) atoms. The number of tetrazole rings is 1. The van der Waals surface area contributed by atoms with Gasteiger partial charge in [0, 0.05) is 12.1 Å². The van der Waals surface area contributed by atoms with Crippen molar-refractivity contribution in [3.8, 4) is 28.7 Å². The molecule has 3 rings (SSSR count). The normalized spacial score (nSPS) is 10.4. The van der Waals surface area contributed by atoms with E-state index in [1.807, 2.05) is 42.4 Å². The van der Waals surface area contributed by atoms with E-state index in [4.69, 9.17) is 0 Å². The van der Waals surface area contributed by atoms with Crippen LogP contribution in [0.5, 0.6) is 0 Å². The van der Waals surface area contributed by atoms with Crippen molar-refractivity contribution in [3.63, 3.8) is 0 Å². The van der Waals surface area contributed by atoms with Crippen LogP contribution in [0.25, 0.3) is 27.4 Å². The zero-order valence-corrected chi connectivity index (χ0v) is 14.7. The van der Waals surface area contributed by atoms with E-state index >= 15 is 0 Å². The first-order valence-electron chi connectivity index (χ1n) is 8.30. The topological polar surface area (TPSA) is 105 Å². The first-order chi connectivity index (χ1) is 13.1. The van der Waals surface area contributed by atoms with Gasteiger partial charge in [0.15, 0.2) is 4.92 Å². The fourth-order valence-corrected chi connectivity index (χ4v) is 2.71. The molecule has 0 unspecified atom stereocenters. The van der Waals surface area contributed by atoms with E-state index in [2.05, 4.69) is 49.7 Å². The molecule has 0 aliphatic heterocycles. The fourth-order valence-electron chi connectivity index (χ4n) is 2.71. The van der Waals surface area contributed by atoms with E-state index in [9.17, 15) is 10.1 Å². The Labute approximate surface area is 155 Å². The summed E-state index contributed by atoms with van der Waals surface area (Å²) < 4.78 is 0. The van der Waals surface area contributed by atoms with Gasteiger partial charge < -0.3 is 0 Å². The number of likely N-dealkylation sites (N-methyl/N-ethyl adjacent to an activating group) is 1. The Morgan fingerprint density at radius 1 is 1.19 bits per heavy atom. The molecular formula is C18H18N7O2+. The molecule has 3 aromatic rings. The van der Waals surface area contributed by atoms with Crippen LogP contribution in [0.3, 0.4) is 0 Å². The lowest BCUT2D eigenvalue weighted by Crippen LogP contribution is -2.20. The molecule has 0 saturated carbocycles. The standard InChI is InChI=1S/C18H18N7O2/c1-24(11-10-19-13-25(26)27)12-14-6-8-15(9-7-14)16-4-2-3-5-17(16)18-20-22-23-21-18/h2-9H,10-12H2,1H3,(H,20,21,22,23)/q+1. The molecule has 0 saturated heterocycles. The van der Waals surface area contributed by atoms with Crippen LogP contribution in [0.15, 0.2) is 48.5 Å². The Bertz CT molecular complexity index is 959. The third-order valence-corrected chi connectivity index (χ3v) is 3.98. The number of benzene rings is 2. The molecule has 0 fully saturated rings. The van der Waals surface area contributed by atoms with E-state index in [0.717, 1.165) is 28.8 Å². The van der Waals surface area contributed by atoms with E-state index in [1.165, 1.54) is 0 Å². The number of H-pyrrole nitrogens is 1. The van der Waals surface area contributed by atoms with Crippen molar-refractivity contribution in [1.82, 2.24) is 25.5 Å². The molecule has 9 heteroatoms. The Morgan fingerprint density at radius 2 is 1.93 bits per heavy atom. The van der Waals surface area contributed by atoms with E-state index < -0.39 is 4.92 Å². The second-order valence-electron chi connectivity index (χ2n) is 5.95. The van der Waals surface area contributed by atoms with Crippen LogP contribution < -0.4 is 0 Å². The van der Waals surface area contributed by atoms with Gasteiger partial charge >= 0.3 is 6.19 Å². The lowest BCUT2D eigenvalue weighted by atomic mass is 9.98. The molecule has 0 radical (unpaired) electrons. The summed E-state index contributed by atoms with van der Waals surface area (Å²) in [4.78, 5) is 15.2. The Balaban J connectivity index is 1.68. The summed E-state index contributed by atoms with van der Waals surface area (Å²) in [6, 6.07) is 16.1. The fraction of sp³-hybridized carbons (Fsp3) is 0.222. The second-order valence-corrected chi connectivity index (χ2v) is 5.95. The third-order valence-electron chi connectivity index (χ3n) is 3.98. The highest BCUT2D eigenvalue weighted by atomic mass is 16.6. The van der Waals surface area contributed by atoms with Crippen LogP contribution >= 0.6 is 0 Å². The number of aromatic amines is 1. The monoisotopic (exact) mass is 364 g/mol. The van der Waals surface area contributed by atoms with Gasteiger partial charge in [-0.25, -0.2) is 10.1 Å². The molecule has 0 atom stereocenters. The average molecular weight is 364 g/mol. The highest BCUT2D eigenvalue weighted by molar-refractivity contribution is 5.80. The van der Waals surface area contributed by atoms with Crippen LogP contribution in [0, 0.1) is 16.3 Å². The molecule has 1 N–H and O–H groups in total. The molecular weight excluding hydrogens is 346 g/mol. The summed E-state index contributed by atoms with van der Waals surface area (Å²) in [5.41, 5.74) is 4.15. The van der Waals surface area contributed by atoms with Gasteiger partial charge in [-0.2, -0.15) is 5.21 Å². The molecule has 1 aromatic heterocycles. The molecule has 0 aliphatic rings. The van der Waals surface area contributed by atoms with Gasteiger partial charge in [0.1, 0.15) is 0 Å². The predicted octanol–water partition coefficient (Wildman–Crippen LogP) is 2.53. The third kappa shape index (κ3) is 4.93. The maximum atomic E-state index is 10.2. The molecule has 2 aromatic carbocycles. The van der Waals surface area contributed by atoms with Gasteiger partial charge in [-0.05, 0) is 33.8 Å². The summed E-state index contributed by atoms with van der Waals surface area (Å²) in [7, 11) is 1.95. The smallest absolute Gasteiger partial charge is 0.295 e. The summed E-state index contributed by atoms with van der Waals surface area (Å²) >= 11 is 0. The zero-order valence-electron chi connectivity index (χ0n) is 14.7. The molecule has 0 amide bonds. The number of nitrogens with one attached hydrogen (secondary N) is 1. The first-order valence-corrected chi connectivity index (χ1v) is 8.30. The van der Waals surface area contributed by atoms with Crippen molar-refractivity contribution in [3.05, 3.63) is 69.1 Å². The minimum Gasteiger partial charge on any atom is -0.295 e. The van der Waals surface area contributed by atoms with Crippen LogP contribution in [-0.2, 0) is 6.54 Å². The molecule has 136 valence electrons. The number of nitro groups is 1. The molecule has 0 aliphatic carbocycles. The summed E-state index contributed by atoms with van der Waals surface area (Å²) in [6.45, 7) is 1.68. The van der Waals surface area contributed by atoms with Gasteiger partial charge in [-0.3, -0.25) is 4.90 Å². The van der Waals surface area contributed by atoms with Gasteiger partial charge in [-0.1, -0.05) is 48.5 Å². The van der Waals surface area contributed by atoms with Crippen molar-refractivity contribution in [1.29, 1.82) is 0 Å². The van der Waals surface area contributed by atoms with E-state index in [-0.39, 0.29) is 0 Å². The van der Waals surface area contributed by atoms with Gasteiger partial charge in [0.05, 0.1) is 6.54 Å². The first kappa shape index (κ1) is 18.2. The number of hydrogen-bond acceptors (Lipinski definition) is 6. The van der Waals surface area contributed by atoms with Crippen LogP contribution in [0.2, 0.25) is 0 Å². The summed E-state index contributed by atoms with van der Waals surface area (Å²) in [6.07, 6.45) is 1.81. The summed E-state index contributed by atoms with van der Waals surface area (Å²) in [5.74, 6) is 0.557. The minimum atomic E-state index is -0.675. The largest absolute Gasteiger partial charge is 0.680 e. The minimum absolute atomic E-state index is 0.341. The molecule has 0 bridgehead atoms. The lowest BCUT2D eigenvalue weighted by molar-refractivity contribution is -0.380. The SMILES string of the molecule is CN(CC[N+]#C[N+](=O)[O-])Cc1ccc(-c2ccccc2-c2nn[nH]n2)cc1. The van der Waals surface area contributed by atoms with E-state index in [0.29, 0.717) is 18.9 Å². The molecule has 0 spiro atoms. The number of rotatable bonds is 6. The van der Waals surface area contributed by atoms with Crippen LogP contribution in [0.4, 0.5) is 0 Å². The highest BCUT2D eigenvalue weighted by Gasteiger charge is 2.11. The van der Waals surface area contributed by atoms with Gasteiger partial charge in [0.25, 0.3) is 6.54 Å². The van der Waals surface area contributed by atoms with Crippen molar-refractivity contribution >= 4 is 0 Å². The zero-order chi connectivity index (χ0) is 19.1. The Kier molecular flexibility index (Phi) is 5.81. The molecule has 1 heterocycles. The predicted molar refractivity (Wildman–Crippen MR) is 100 cm³/mol. The van der Waals surface area contributed by atoms with Crippen molar-refractivity contribution < 1.29 is 4.92 Å². The maximum Gasteiger partial charge on any atom is 0.680 e. The molecule has 9 nitrogen and oxygen atoms in total. The Morgan fingerprint density at radius 3 is 2.59 bits per heavy atom. The van der Waals surface area contributed by atoms with Crippen molar-refractivity contribution in [2.45, 2.75) is 6.54 Å². The van der Waals surface area contributed by atoms with Gasteiger partial charge in [-0.15, -0.1) is 10.2 Å². The second kappa shape index (κ2) is 8.64. The number of aromatic nitrogens is 4. The van der Waals surface area contributed by atoms with Gasteiger partial charge in [0.2, 0.25) is 5.82 Å².